The fourth-order valence-electron chi connectivity index (χ4n) is 5.61. The zero-order chi connectivity index (χ0) is 21.3. The van der Waals surface area contributed by atoms with E-state index < -0.39 is 0 Å². The highest BCUT2D eigenvalue weighted by atomic mass is 32.1. The monoisotopic (exact) mass is 439 g/mol. The summed E-state index contributed by atoms with van der Waals surface area (Å²) >= 11 is 1.73. The first kappa shape index (κ1) is 21.0. The number of likely N-dealkylation sites (N-methyl/N-ethyl adjacent to an activating group) is 1. The molecule has 1 atom stereocenters. The normalized spacial score (nSPS) is 21.8. The van der Waals surface area contributed by atoms with Crippen molar-refractivity contribution in [3.63, 3.8) is 0 Å². The molecule has 1 aliphatic carbocycles. The van der Waals surface area contributed by atoms with Gasteiger partial charge in [0.2, 0.25) is 5.91 Å². The predicted octanol–water partition coefficient (Wildman–Crippen LogP) is 3.74. The van der Waals surface area contributed by atoms with E-state index in [0.717, 1.165) is 65.0 Å². The Bertz CT molecular complexity index is 901. The van der Waals surface area contributed by atoms with Gasteiger partial charge in [0.15, 0.2) is 0 Å². The predicted molar refractivity (Wildman–Crippen MR) is 126 cm³/mol. The zero-order valence-electron chi connectivity index (χ0n) is 18.4. The number of carbonyl (C=O) groups excluding carboxylic acids is 1. The maximum atomic E-state index is 13.6. The Hall–Kier alpha value is -1.89. The molecule has 1 aromatic carbocycles. The number of hydrogen-bond donors (Lipinski definition) is 1. The smallest absolute Gasteiger partial charge is 0.231 e. The van der Waals surface area contributed by atoms with E-state index >= 15 is 0 Å². The summed E-state index contributed by atoms with van der Waals surface area (Å²) in [6.07, 6.45) is 5.30. The highest BCUT2D eigenvalue weighted by Gasteiger charge is 2.43. The third-order valence-electron chi connectivity index (χ3n) is 7.44. The Morgan fingerprint density at radius 1 is 1.19 bits per heavy atom. The molecular formula is C25H33N3O2S. The van der Waals surface area contributed by atoms with E-state index in [2.05, 4.69) is 57.9 Å². The van der Waals surface area contributed by atoms with Crippen LogP contribution < -0.4 is 10.2 Å². The molecule has 2 aromatic rings. The van der Waals surface area contributed by atoms with Crippen LogP contribution in [-0.4, -0.2) is 57.2 Å². The van der Waals surface area contributed by atoms with Crippen LogP contribution in [-0.2, 0) is 21.4 Å². The van der Waals surface area contributed by atoms with Crippen LogP contribution in [0.3, 0.4) is 0 Å². The van der Waals surface area contributed by atoms with Gasteiger partial charge in [0.1, 0.15) is 0 Å². The second kappa shape index (κ2) is 8.93. The Balaban J connectivity index is 1.37. The quantitative estimate of drug-likeness (QED) is 0.745. The van der Waals surface area contributed by atoms with Gasteiger partial charge in [-0.05, 0) is 47.9 Å². The number of amides is 1. The molecule has 31 heavy (non-hydrogen) atoms. The van der Waals surface area contributed by atoms with E-state index in [1.54, 1.807) is 11.3 Å². The Labute approximate surface area is 189 Å². The van der Waals surface area contributed by atoms with Gasteiger partial charge in [-0.25, -0.2) is 0 Å². The molecule has 2 aliphatic heterocycles. The zero-order valence-corrected chi connectivity index (χ0v) is 19.3. The average Bonchev–Trinajstić information content (AvgIpc) is 3.56. The van der Waals surface area contributed by atoms with Crippen LogP contribution in [0.2, 0.25) is 0 Å². The minimum atomic E-state index is -0.329. The van der Waals surface area contributed by atoms with E-state index in [1.165, 1.54) is 21.7 Å². The Morgan fingerprint density at radius 2 is 2.00 bits per heavy atom. The first-order valence-corrected chi connectivity index (χ1v) is 12.5. The lowest BCUT2D eigenvalue weighted by atomic mass is 9.83. The molecule has 3 heterocycles. The van der Waals surface area contributed by atoms with Gasteiger partial charge in [-0.2, -0.15) is 0 Å². The third kappa shape index (κ3) is 4.01. The van der Waals surface area contributed by atoms with Crippen LogP contribution in [0.25, 0.3) is 0 Å². The van der Waals surface area contributed by atoms with Crippen molar-refractivity contribution in [3.8, 4) is 0 Å². The van der Waals surface area contributed by atoms with Gasteiger partial charge in [0.05, 0.1) is 24.7 Å². The summed E-state index contributed by atoms with van der Waals surface area (Å²) in [4.78, 5) is 19.6. The van der Waals surface area contributed by atoms with Gasteiger partial charge in [0.25, 0.3) is 0 Å². The summed E-state index contributed by atoms with van der Waals surface area (Å²) in [5.41, 5.74) is 3.75. The lowest BCUT2D eigenvalue weighted by Crippen LogP contribution is -2.48. The van der Waals surface area contributed by atoms with Crippen molar-refractivity contribution in [1.82, 2.24) is 10.2 Å². The van der Waals surface area contributed by atoms with Crippen molar-refractivity contribution < 1.29 is 9.53 Å². The number of hydrogen-bond acceptors (Lipinski definition) is 5. The second-order valence-corrected chi connectivity index (χ2v) is 10.1. The molecule has 0 radical (unpaired) electrons. The maximum absolute atomic E-state index is 13.6. The van der Waals surface area contributed by atoms with Crippen molar-refractivity contribution >= 4 is 22.9 Å². The van der Waals surface area contributed by atoms with Crippen molar-refractivity contribution in [2.24, 2.45) is 0 Å². The fraction of sp³-hybridized carbons (Fsp3) is 0.560. The number of carbonyl (C=O) groups is 1. The first-order chi connectivity index (χ1) is 15.2. The molecule has 166 valence electrons. The van der Waals surface area contributed by atoms with Crippen molar-refractivity contribution in [2.45, 2.75) is 43.6 Å². The molecule has 5 nitrogen and oxygen atoms in total. The molecule has 5 rings (SSSR count). The lowest BCUT2D eigenvalue weighted by Gasteiger charge is -2.36. The molecule has 1 aromatic heterocycles. The third-order valence-corrected chi connectivity index (χ3v) is 8.52. The van der Waals surface area contributed by atoms with E-state index in [0.29, 0.717) is 6.54 Å². The van der Waals surface area contributed by atoms with Gasteiger partial charge < -0.3 is 15.0 Å². The number of nitrogens with zero attached hydrogens (tertiary/aromatic N) is 2. The molecule has 0 spiro atoms. The molecule has 3 aliphatic rings. The molecule has 1 N–H and O–H groups in total. The summed E-state index contributed by atoms with van der Waals surface area (Å²) < 4.78 is 5.61. The highest BCUT2D eigenvalue weighted by Crippen LogP contribution is 2.43. The van der Waals surface area contributed by atoms with Crippen LogP contribution in [0, 0.1) is 0 Å². The summed E-state index contributed by atoms with van der Waals surface area (Å²) in [5, 5.41) is 5.50. The summed E-state index contributed by atoms with van der Waals surface area (Å²) in [5.74, 6) is 0.214. The van der Waals surface area contributed by atoms with Crippen molar-refractivity contribution in [2.75, 3.05) is 51.3 Å². The van der Waals surface area contributed by atoms with Crippen LogP contribution in [0.4, 0.5) is 5.69 Å². The van der Waals surface area contributed by atoms with E-state index in [4.69, 9.17) is 4.74 Å². The van der Waals surface area contributed by atoms with Crippen molar-refractivity contribution in [3.05, 3.63) is 51.7 Å². The number of rotatable bonds is 6. The number of fused-ring (bicyclic) bond motifs is 1. The fourth-order valence-corrected chi connectivity index (χ4v) is 6.60. The molecular weight excluding hydrogens is 406 g/mol. The molecule has 1 saturated heterocycles. The number of morpholine rings is 1. The van der Waals surface area contributed by atoms with Crippen molar-refractivity contribution in [1.29, 1.82) is 0 Å². The Morgan fingerprint density at radius 3 is 2.74 bits per heavy atom. The second-order valence-electron chi connectivity index (χ2n) is 9.20. The molecule has 1 unspecified atom stereocenters. The SMILES string of the molecule is CN1CCc2cc(C(CNC(=O)C3(c4cccs4)CCCC3)N3CCOCC3)ccc21. The number of thiophene rings is 1. The molecule has 1 saturated carbocycles. The average molecular weight is 440 g/mol. The molecule has 0 bridgehead atoms. The van der Waals surface area contributed by atoms with E-state index in [1.807, 2.05) is 0 Å². The number of benzene rings is 1. The molecule has 6 heteroatoms. The van der Waals surface area contributed by atoms with Crippen LogP contribution in [0.1, 0.15) is 47.7 Å². The maximum Gasteiger partial charge on any atom is 0.231 e. The van der Waals surface area contributed by atoms with Crippen LogP contribution in [0.5, 0.6) is 0 Å². The van der Waals surface area contributed by atoms with E-state index in [9.17, 15) is 4.79 Å². The number of anilines is 1. The van der Waals surface area contributed by atoms with E-state index in [-0.39, 0.29) is 17.4 Å². The topological polar surface area (TPSA) is 44.8 Å². The molecule has 2 fully saturated rings. The van der Waals surface area contributed by atoms with Crippen LogP contribution >= 0.6 is 11.3 Å². The number of nitrogens with one attached hydrogen (secondary N) is 1. The summed E-state index contributed by atoms with van der Waals surface area (Å²) in [7, 11) is 2.16. The van der Waals surface area contributed by atoms with Gasteiger partial charge in [-0.15, -0.1) is 11.3 Å². The highest BCUT2D eigenvalue weighted by molar-refractivity contribution is 7.10. The van der Waals surface area contributed by atoms with Crippen LogP contribution in [0.15, 0.2) is 35.7 Å². The summed E-state index contributed by atoms with van der Waals surface area (Å²) in [6.45, 7) is 5.08. The first-order valence-electron chi connectivity index (χ1n) is 11.7. The standard InChI is InChI=1S/C25H33N3O2S/c1-27-11-8-20-17-19(6-7-21(20)27)22(28-12-14-30-15-13-28)18-26-24(29)25(9-2-3-10-25)23-5-4-16-31-23/h4-7,16-17,22H,2-3,8-15,18H2,1H3,(H,26,29). The van der Waals surface area contributed by atoms with Gasteiger partial charge in [0, 0.05) is 43.8 Å². The van der Waals surface area contributed by atoms with Gasteiger partial charge in [-0.1, -0.05) is 31.0 Å². The largest absolute Gasteiger partial charge is 0.379 e. The van der Waals surface area contributed by atoms with Gasteiger partial charge >= 0.3 is 0 Å². The lowest BCUT2D eigenvalue weighted by molar-refractivity contribution is -0.126. The van der Waals surface area contributed by atoms with Gasteiger partial charge in [-0.3, -0.25) is 9.69 Å². The minimum absolute atomic E-state index is 0.186. The minimum Gasteiger partial charge on any atom is -0.379 e. The number of ether oxygens (including phenoxy) is 1. The molecule has 1 amide bonds. The summed E-state index contributed by atoms with van der Waals surface area (Å²) in [6, 6.07) is 11.3. The Kier molecular flexibility index (Phi) is 6.04.